The molecule has 0 radical (unpaired) electrons. The number of fused-ring (bicyclic) bond motifs is 9. The Kier molecular flexibility index (Phi) is 7.54. The molecule has 0 fully saturated rings. The highest BCUT2D eigenvalue weighted by atomic mass is 16.3. The quantitative estimate of drug-likeness (QED) is 0.158. The number of rotatable bonds is 6. The van der Waals surface area contributed by atoms with Gasteiger partial charge in [0.1, 0.15) is 11.2 Å². The van der Waals surface area contributed by atoms with Gasteiger partial charge in [0.05, 0.1) is 16.7 Å². The van der Waals surface area contributed by atoms with Crippen molar-refractivity contribution in [1.82, 2.24) is 4.57 Å². The Labute approximate surface area is 341 Å². The van der Waals surface area contributed by atoms with E-state index in [0.717, 1.165) is 50.3 Å². The van der Waals surface area contributed by atoms with Gasteiger partial charge in [0.2, 0.25) is 0 Å². The van der Waals surface area contributed by atoms with Crippen molar-refractivity contribution in [2.24, 2.45) is 0 Å². The van der Waals surface area contributed by atoms with Crippen LogP contribution in [0.5, 0.6) is 0 Å². The maximum atomic E-state index is 6.20. The lowest BCUT2D eigenvalue weighted by Gasteiger charge is -2.28. The van der Waals surface area contributed by atoms with E-state index < -0.39 is 0 Å². The first-order valence-electron chi connectivity index (χ1n) is 20.2. The van der Waals surface area contributed by atoms with Gasteiger partial charge >= 0.3 is 0 Å². The zero-order valence-electron chi connectivity index (χ0n) is 32.1. The molecule has 0 aliphatic heterocycles. The summed E-state index contributed by atoms with van der Waals surface area (Å²) in [6, 6.07) is 78.8. The Morgan fingerprint density at radius 3 is 1.56 bits per heavy atom. The molecule has 0 aliphatic rings. The van der Waals surface area contributed by atoms with Crippen molar-refractivity contribution in [2.75, 3.05) is 4.90 Å². The van der Waals surface area contributed by atoms with E-state index in [-0.39, 0.29) is 0 Å². The molecule has 3 nitrogen and oxygen atoms in total. The summed E-state index contributed by atoms with van der Waals surface area (Å²) in [4.78, 5) is 2.41. The normalized spacial score (nSPS) is 11.7. The van der Waals surface area contributed by atoms with Crippen molar-refractivity contribution >= 4 is 82.4 Å². The minimum atomic E-state index is 0.911. The Morgan fingerprint density at radius 1 is 0.356 bits per heavy atom. The number of nitrogens with zero attached hydrogens (tertiary/aromatic N) is 2. The third-order valence-corrected chi connectivity index (χ3v) is 12.0. The van der Waals surface area contributed by atoms with Crippen LogP contribution in [0.15, 0.2) is 223 Å². The smallest absolute Gasteiger partial charge is 0.136 e. The fraction of sp³-hybridized carbons (Fsp3) is 0. The summed E-state index contributed by atoms with van der Waals surface area (Å²) < 4.78 is 8.57. The van der Waals surface area contributed by atoms with Crippen molar-refractivity contribution in [3.05, 3.63) is 218 Å². The fourth-order valence-corrected chi connectivity index (χ4v) is 9.26. The summed E-state index contributed by atoms with van der Waals surface area (Å²) in [5, 5.41) is 9.73. The van der Waals surface area contributed by atoms with E-state index in [1.165, 1.54) is 60.0 Å². The van der Waals surface area contributed by atoms with Crippen LogP contribution in [0, 0.1) is 0 Å². The van der Waals surface area contributed by atoms with E-state index in [1.54, 1.807) is 0 Å². The Morgan fingerprint density at radius 2 is 0.864 bits per heavy atom. The van der Waals surface area contributed by atoms with E-state index >= 15 is 0 Å². The third-order valence-electron chi connectivity index (χ3n) is 12.0. The number of aromatic nitrogens is 1. The number of para-hydroxylation sites is 3. The van der Waals surface area contributed by atoms with Gasteiger partial charge in [-0.15, -0.1) is 0 Å². The largest absolute Gasteiger partial charge is 0.456 e. The molecule has 0 N–H and O–H groups in total. The molecule has 12 rings (SSSR count). The summed E-state index contributed by atoms with van der Waals surface area (Å²) >= 11 is 0. The van der Waals surface area contributed by atoms with Crippen molar-refractivity contribution in [3.63, 3.8) is 0 Å². The molecule has 2 heterocycles. The minimum Gasteiger partial charge on any atom is -0.456 e. The van der Waals surface area contributed by atoms with Gasteiger partial charge in [0.25, 0.3) is 0 Å². The van der Waals surface area contributed by atoms with E-state index in [1.807, 2.05) is 12.1 Å². The SMILES string of the molecule is c1ccc2c(c1)cc(N(c1ccc(-c3ccc(-c4cccc5oc6ccccc6c45)cc3)cc1)c1ccc(-n3c4ccccc4c4ccccc43)cc1)c1ccccc12. The molecule has 0 spiro atoms. The third kappa shape index (κ3) is 5.36. The van der Waals surface area contributed by atoms with Crippen LogP contribution in [-0.4, -0.2) is 4.57 Å². The van der Waals surface area contributed by atoms with Crippen LogP contribution in [-0.2, 0) is 0 Å². The maximum absolute atomic E-state index is 6.20. The van der Waals surface area contributed by atoms with Crippen LogP contribution < -0.4 is 4.90 Å². The second-order valence-electron chi connectivity index (χ2n) is 15.3. The van der Waals surface area contributed by atoms with Gasteiger partial charge in [0.15, 0.2) is 0 Å². The molecule has 0 saturated carbocycles. The topological polar surface area (TPSA) is 21.3 Å². The molecular formula is C56H36N2O. The summed E-state index contributed by atoms with van der Waals surface area (Å²) in [5.74, 6) is 0. The average molecular weight is 753 g/mol. The van der Waals surface area contributed by atoms with E-state index in [2.05, 4.69) is 216 Å². The first-order valence-corrected chi connectivity index (χ1v) is 20.2. The Hall–Kier alpha value is -7.88. The van der Waals surface area contributed by atoms with Gasteiger partial charge in [-0.1, -0.05) is 152 Å². The molecule has 0 saturated heterocycles. The average Bonchev–Trinajstić information content (AvgIpc) is 3.86. The van der Waals surface area contributed by atoms with Crippen molar-refractivity contribution in [3.8, 4) is 27.9 Å². The van der Waals surface area contributed by atoms with Crippen LogP contribution in [0.4, 0.5) is 17.1 Å². The zero-order chi connectivity index (χ0) is 38.9. The van der Waals surface area contributed by atoms with Gasteiger partial charge in [0, 0.05) is 44.0 Å². The molecule has 0 unspecified atom stereocenters. The van der Waals surface area contributed by atoms with Crippen molar-refractivity contribution in [1.29, 1.82) is 0 Å². The lowest BCUT2D eigenvalue weighted by molar-refractivity contribution is 0.669. The van der Waals surface area contributed by atoms with Gasteiger partial charge in [-0.2, -0.15) is 0 Å². The van der Waals surface area contributed by atoms with Crippen molar-refractivity contribution in [2.45, 2.75) is 0 Å². The van der Waals surface area contributed by atoms with E-state index in [0.29, 0.717) is 0 Å². The number of anilines is 3. The Bertz CT molecular complexity index is 3480. The lowest BCUT2D eigenvalue weighted by Crippen LogP contribution is -2.11. The highest BCUT2D eigenvalue weighted by Gasteiger charge is 2.19. The second kappa shape index (κ2) is 13.4. The summed E-state index contributed by atoms with van der Waals surface area (Å²) in [6.07, 6.45) is 0. The summed E-state index contributed by atoms with van der Waals surface area (Å²) in [5.41, 5.74) is 13.4. The fourth-order valence-electron chi connectivity index (χ4n) is 9.26. The van der Waals surface area contributed by atoms with E-state index in [4.69, 9.17) is 4.42 Å². The summed E-state index contributed by atoms with van der Waals surface area (Å²) in [6.45, 7) is 0. The van der Waals surface area contributed by atoms with Crippen molar-refractivity contribution < 1.29 is 4.42 Å². The molecule has 10 aromatic carbocycles. The predicted molar refractivity (Wildman–Crippen MR) is 249 cm³/mol. The predicted octanol–water partition coefficient (Wildman–Crippen LogP) is 15.8. The van der Waals surface area contributed by atoms with Gasteiger partial charge in [-0.05, 0) is 105 Å². The van der Waals surface area contributed by atoms with Crippen LogP contribution in [0.1, 0.15) is 0 Å². The molecule has 0 amide bonds. The maximum Gasteiger partial charge on any atom is 0.136 e. The van der Waals surface area contributed by atoms with Crippen LogP contribution in [0.2, 0.25) is 0 Å². The van der Waals surface area contributed by atoms with Crippen LogP contribution in [0.3, 0.4) is 0 Å². The number of hydrogen-bond acceptors (Lipinski definition) is 2. The number of hydrogen-bond donors (Lipinski definition) is 0. The zero-order valence-corrected chi connectivity index (χ0v) is 32.1. The molecule has 0 aliphatic carbocycles. The highest BCUT2D eigenvalue weighted by molar-refractivity contribution is 6.15. The molecule has 59 heavy (non-hydrogen) atoms. The molecular weight excluding hydrogens is 717 g/mol. The minimum absolute atomic E-state index is 0.911. The lowest BCUT2D eigenvalue weighted by atomic mass is 9.96. The van der Waals surface area contributed by atoms with E-state index in [9.17, 15) is 0 Å². The molecule has 12 aromatic rings. The molecule has 276 valence electrons. The Balaban J connectivity index is 0.963. The molecule has 3 heteroatoms. The van der Waals surface area contributed by atoms with Gasteiger partial charge in [-0.3, -0.25) is 0 Å². The first kappa shape index (κ1) is 33.3. The van der Waals surface area contributed by atoms with Crippen LogP contribution in [0.25, 0.3) is 93.2 Å². The molecule has 0 atom stereocenters. The summed E-state index contributed by atoms with van der Waals surface area (Å²) in [7, 11) is 0. The second-order valence-corrected chi connectivity index (χ2v) is 15.3. The number of benzene rings is 10. The standard InChI is InChI=1S/C56H36N2O/c1-2-13-44-40(12-1)36-53(47-15-4-3-14-46(44)47)57(42-32-34-43(35-33-42)58-51-20-8-5-16-48(51)49-17-6-9-21-52(49)58)41-30-28-38(29-31-41)37-24-26-39(27-25-37)45-19-11-23-55-56(45)50-18-7-10-22-54(50)59-55/h1-36H. The number of furan rings is 1. The molecule has 2 aromatic heterocycles. The van der Waals surface area contributed by atoms with Crippen LogP contribution >= 0.6 is 0 Å². The molecule has 0 bridgehead atoms. The monoisotopic (exact) mass is 752 g/mol. The first-order chi connectivity index (χ1) is 29.3. The highest BCUT2D eigenvalue weighted by Crippen LogP contribution is 2.43. The van der Waals surface area contributed by atoms with Gasteiger partial charge < -0.3 is 13.9 Å². The van der Waals surface area contributed by atoms with Gasteiger partial charge in [-0.25, -0.2) is 0 Å².